The fourth-order valence-corrected chi connectivity index (χ4v) is 11.5. The van der Waals surface area contributed by atoms with Crippen molar-refractivity contribution in [2.45, 2.75) is 329 Å². The zero-order valence-corrected chi connectivity index (χ0v) is 63.2. The number of aliphatic hydroxyl groups excluding tert-OH is 1. The van der Waals surface area contributed by atoms with E-state index in [4.69, 9.17) is 37.0 Å². The van der Waals surface area contributed by atoms with Crippen LogP contribution in [-0.4, -0.2) is 96.7 Å². The summed E-state index contributed by atoms with van der Waals surface area (Å²) in [5.74, 6) is -2.26. The number of allylic oxidation sites excluding steroid dienone is 18. The predicted octanol–water partition coefficient (Wildman–Crippen LogP) is 21.8. The van der Waals surface area contributed by atoms with E-state index in [1.54, 1.807) is 0 Å². The highest BCUT2D eigenvalue weighted by Gasteiger charge is 2.30. The SMILES string of the molecule is CC/C=C\C/C=C\C/C=C\C/C=C\C/C=C\CCCC(=O)OCC(COP(=O)(O)OCC(O)COP(=O)(O)OCC(COC(=O)CCCCCCC/C=C\C/C=C\CCCCC)OC(=O)CCCCCCC/C=C\C/C=C\CCCCC)OC(=O)CCCCCCCCCCCCC. The molecular formula is C79H136O17P2. The van der Waals surface area contributed by atoms with E-state index in [0.717, 1.165) is 148 Å². The van der Waals surface area contributed by atoms with Gasteiger partial charge in [0, 0.05) is 25.7 Å². The highest BCUT2D eigenvalue weighted by molar-refractivity contribution is 7.47. The van der Waals surface area contributed by atoms with Gasteiger partial charge in [-0.2, -0.15) is 0 Å². The van der Waals surface area contributed by atoms with Crippen molar-refractivity contribution in [1.29, 1.82) is 0 Å². The number of carbonyl (C=O) groups excluding carboxylic acids is 4. The topological polar surface area (TPSA) is 237 Å². The molecule has 0 fully saturated rings. The van der Waals surface area contributed by atoms with Crippen molar-refractivity contribution >= 4 is 39.5 Å². The molecule has 564 valence electrons. The molecule has 5 atom stereocenters. The van der Waals surface area contributed by atoms with Crippen LogP contribution < -0.4 is 0 Å². The van der Waals surface area contributed by atoms with Gasteiger partial charge in [0.15, 0.2) is 12.2 Å². The summed E-state index contributed by atoms with van der Waals surface area (Å²) in [5, 5.41) is 10.6. The molecule has 0 rings (SSSR count). The van der Waals surface area contributed by atoms with Gasteiger partial charge < -0.3 is 33.8 Å². The second-order valence-electron chi connectivity index (χ2n) is 25.2. The van der Waals surface area contributed by atoms with Crippen molar-refractivity contribution in [3.05, 3.63) is 109 Å². The lowest BCUT2D eigenvalue weighted by atomic mass is 10.1. The van der Waals surface area contributed by atoms with Gasteiger partial charge in [0.1, 0.15) is 19.3 Å². The number of unbranched alkanes of at least 4 members (excludes halogenated alkanes) is 27. The third-order valence-electron chi connectivity index (χ3n) is 15.7. The minimum atomic E-state index is -4.98. The number of esters is 4. The third-order valence-corrected chi connectivity index (χ3v) is 17.6. The van der Waals surface area contributed by atoms with Crippen molar-refractivity contribution < 1.29 is 80.2 Å². The smallest absolute Gasteiger partial charge is 0.462 e. The van der Waals surface area contributed by atoms with E-state index >= 15 is 0 Å². The van der Waals surface area contributed by atoms with E-state index in [1.807, 2.05) is 12.2 Å². The Hall–Kier alpha value is -4.28. The molecule has 0 bridgehead atoms. The Labute approximate surface area is 594 Å². The molecule has 19 heteroatoms. The fraction of sp³-hybridized carbons (Fsp3) is 0.722. The molecule has 0 aromatic carbocycles. The average Bonchev–Trinajstić information content (AvgIpc) is 0.986. The van der Waals surface area contributed by atoms with Crippen molar-refractivity contribution in [2.75, 3.05) is 39.6 Å². The van der Waals surface area contributed by atoms with Crippen molar-refractivity contribution in [3.63, 3.8) is 0 Å². The molecule has 5 unspecified atom stereocenters. The summed E-state index contributed by atoms with van der Waals surface area (Å²) >= 11 is 0. The van der Waals surface area contributed by atoms with Gasteiger partial charge in [-0.3, -0.25) is 37.3 Å². The van der Waals surface area contributed by atoms with Gasteiger partial charge in [-0.15, -0.1) is 0 Å². The Bertz CT molecular complexity index is 2290. The van der Waals surface area contributed by atoms with Crippen molar-refractivity contribution in [1.82, 2.24) is 0 Å². The van der Waals surface area contributed by atoms with E-state index < -0.39 is 97.5 Å². The maximum atomic E-state index is 13.1. The lowest BCUT2D eigenvalue weighted by Crippen LogP contribution is -2.30. The number of hydrogen-bond acceptors (Lipinski definition) is 15. The molecule has 0 aliphatic heterocycles. The molecule has 0 heterocycles. The summed E-state index contributed by atoms with van der Waals surface area (Å²) in [7, 11) is -9.97. The fourth-order valence-electron chi connectivity index (χ4n) is 9.90. The predicted molar refractivity (Wildman–Crippen MR) is 399 cm³/mol. The van der Waals surface area contributed by atoms with E-state index in [9.17, 15) is 43.2 Å². The maximum absolute atomic E-state index is 13.1. The standard InChI is InChI=1S/C79H136O17P2/c1-5-9-13-17-21-25-29-32-35-36-39-41-45-48-52-56-60-64-77(82)89-69-74(95-78(83)65-61-57-53-49-43-28-24-20-16-12-8-4)71-93-97(85,86)91-67-73(80)68-92-98(87,88)94-72-75(96-79(84)66-62-58-54-50-46-42-38-34-31-27-23-19-15-11-7-3)70-90-76(81)63-59-55-51-47-44-40-37-33-30-26-22-18-14-10-6-2/h9,13,21-23,25-27,32-35,37-39,41,48,52,73-75,80H,5-8,10-12,14-20,24,28-31,36,40,42-47,49-51,53-72H2,1-4H3,(H,85,86)(H,87,88)/b13-9-,25-21-,26-22-,27-23-,35-32-,37-33-,38-34-,41-39-,52-48-. The van der Waals surface area contributed by atoms with Gasteiger partial charge in [-0.1, -0.05) is 265 Å². The van der Waals surface area contributed by atoms with Crippen LogP contribution in [0.2, 0.25) is 0 Å². The molecule has 17 nitrogen and oxygen atoms in total. The number of hydrogen-bond donors (Lipinski definition) is 3. The molecule has 0 spiro atoms. The van der Waals surface area contributed by atoms with Gasteiger partial charge >= 0.3 is 39.5 Å². The van der Waals surface area contributed by atoms with Crippen LogP contribution in [0.25, 0.3) is 0 Å². The van der Waals surface area contributed by atoms with Crippen molar-refractivity contribution in [2.24, 2.45) is 0 Å². The zero-order chi connectivity index (χ0) is 71.8. The maximum Gasteiger partial charge on any atom is 0.472 e. The average molecular weight is 1420 g/mol. The van der Waals surface area contributed by atoms with E-state index in [1.165, 1.54) is 77.0 Å². The number of rotatable bonds is 71. The van der Waals surface area contributed by atoms with Crippen molar-refractivity contribution in [3.8, 4) is 0 Å². The van der Waals surface area contributed by atoms with Gasteiger partial charge in [0.25, 0.3) is 0 Å². The van der Waals surface area contributed by atoms with Gasteiger partial charge in [-0.25, -0.2) is 9.13 Å². The summed E-state index contributed by atoms with van der Waals surface area (Å²) in [6.45, 7) is 4.61. The number of ether oxygens (including phenoxy) is 4. The summed E-state index contributed by atoms with van der Waals surface area (Å²) in [5.41, 5.74) is 0. The molecule has 0 amide bonds. The Kier molecular flexibility index (Phi) is 68.0. The van der Waals surface area contributed by atoms with Crippen LogP contribution in [0.4, 0.5) is 0 Å². The van der Waals surface area contributed by atoms with Crippen LogP contribution in [0.5, 0.6) is 0 Å². The first-order valence-corrected chi connectivity index (χ1v) is 41.1. The Morgan fingerprint density at radius 1 is 0.296 bits per heavy atom. The first-order chi connectivity index (χ1) is 47.7. The number of aliphatic hydroxyl groups is 1. The third kappa shape index (κ3) is 70.2. The summed E-state index contributed by atoms with van der Waals surface area (Å²) < 4.78 is 68.4. The molecule has 0 saturated carbocycles. The summed E-state index contributed by atoms with van der Waals surface area (Å²) in [6.07, 6.45) is 75.1. The van der Waals surface area contributed by atoms with Crippen LogP contribution in [0.15, 0.2) is 109 Å². The normalized spacial score (nSPS) is 14.6. The van der Waals surface area contributed by atoms with E-state index in [0.29, 0.717) is 32.1 Å². The van der Waals surface area contributed by atoms with E-state index in [-0.39, 0.29) is 25.7 Å². The van der Waals surface area contributed by atoms with Crippen LogP contribution >= 0.6 is 15.6 Å². The molecule has 0 saturated heterocycles. The molecule has 98 heavy (non-hydrogen) atoms. The molecule has 0 aromatic heterocycles. The molecule has 0 aliphatic carbocycles. The van der Waals surface area contributed by atoms with Crippen LogP contribution in [0.1, 0.15) is 310 Å². The molecule has 0 aromatic rings. The second-order valence-corrected chi connectivity index (χ2v) is 28.1. The summed E-state index contributed by atoms with van der Waals surface area (Å²) in [4.78, 5) is 72.8. The monoisotopic (exact) mass is 1420 g/mol. The lowest BCUT2D eigenvalue weighted by Gasteiger charge is -2.21. The molecular weight excluding hydrogens is 1280 g/mol. The van der Waals surface area contributed by atoms with Gasteiger partial charge in [0.05, 0.1) is 26.4 Å². The highest BCUT2D eigenvalue weighted by Crippen LogP contribution is 2.45. The molecule has 0 aliphatic rings. The number of phosphoric ester groups is 2. The minimum Gasteiger partial charge on any atom is -0.462 e. The van der Waals surface area contributed by atoms with Gasteiger partial charge in [0.2, 0.25) is 0 Å². The van der Waals surface area contributed by atoms with Crippen LogP contribution in [-0.2, 0) is 65.4 Å². The lowest BCUT2D eigenvalue weighted by molar-refractivity contribution is -0.161. The van der Waals surface area contributed by atoms with E-state index in [2.05, 4.69) is 125 Å². The first kappa shape index (κ1) is 93.7. The minimum absolute atomic E-state index is 0.0744. The largest absolute Gasteiger partial charge is 0.472 e. The van der Waals surface area contributed by atoms with Gasteiger partial charge in [-0.05, 0) is 128 Å². The molecule has 3 N–H and O–H groups in total. The Balaban J connectivity index is 5.39. The van der Waals surface area contributed by atoms with Crippen LogP contribution in [0.3, 0.4) is 0 Å². The Morgan fingerprint density at radius 3 is 0.878 bits per heavy atom. The zero-order valence-electron chi connectivity index (χ0n) is 61.4. The highest BCUT2D eigenvalue weighted by atomic mass is 31.2. The Morgan fingerprint density at radius 2 is 0.541 bits per heavy atom. The first-order valence-electron chi connectivity index (χ1n) is 38.1. The number of carbonyl (C=O) groups is 4. The number of phosphoric acid groups is 2. The summed E-state index contributed by atoms with van der Waals surface area (Å²) in [6, 6.07) is 0. The molecule has 0 radical (unpaired) electrons. The second kappa shape index (κ2) is 71.1. The van der Waals surface area contributed by atoms with Crippen LogP contribution in [0, 0.1) is 0 Å². The quantitative estimate of drug-likeness (QED) is 0.0169.